The first-order valence-corrected chi connectivity index (χ1v) is 10.1. The molecule has 0 radical (unpaired) electrons. The van der Waals surface area contributed by atoms with Crippen LogP contribution in [0.4, 0.5) is 0 Å². The van der Waals surface area contributed by atoms with Crippen LogP contribution in [-0.4, -0.2) is 57.9 Å². The molecule has 1 saturated heterocycles. The second-order valence-corrected chi connectivity index (χ2v) is 9.37. The standard InChI is InChI=1S/C21H34O6/c1-11-8-14(10-22)12(2)21(11)7-6-15(9-21)20(4,5)27-19-18(25)17(24)16(23)13(3)26-19/h10-11,13,15-19,23-25H,6-9H2,1-5H3/t11-,13+,15+,16-,17-,18+,19-,21-/m0/s1. The molecule has 6 heteroatoms. The van der Waals surface area contributed by atoms with Crippen LogP contribution in [0.5, 0.6) is 0 Å². The second-order valence-electron chi connectivity index (χ2n) is 9.37. The molecule has 3 aliphatic rings. The fourth-order valence-electron chi connectivity index (χ4n) is 5.47. The molecule has 0 bridgehead atoms. The van der Waals surface area contributed by atoms with Crippen LogP contribution < -0.4 is 0 Å². The Hall–Kier alpha value is -0.790. The van der Waals surface area contributed by atoms with Crippen LogP contribution >= 0.6 is 0 Å². The minimum atomic E-state index is -1.29. The lowest BCUT2D eigenvalue weighted by atomic mass is 9.72. The van der Waals surface area contributed by atoms with Crippen LogP contribution in [0, 0.1) is 17.3 Å². The highest BCUT2D eigenvalue weighted by atomic mass is 16.7. The van der Waals surface area contributed by atoms with Crippen molar-refractivity contribution in [2.45, 2.75) is 96.6 Å². The number of hydrogen-bond acceptors (Lipinski definition) is 6. The van der Waals surface area contributed by atoms with E-state index in [1.54, 1.807) is 6.92 Å². The highest BCUT2D eigenvalue weighted by molar-refractivity contribution is 5.76. The molecular formula is C21H34O6. The highest BCUT2D eigenvalue weighted by Crippen LogP contribution is 2.60. The van der Waals surface area contributed by atoms with E-state index in [0.717, 1.165) is 37.5 Å². The summed E-state index contributed by atoms with van der Waals surface area (Å²) in [6.07, 6.45) is -0.516. The van der Waals surface area contributed by atoms with Crippen molar-refractivity contribution in [1.29, 1.82) is 0 Å². The van der Waals surface area contributed by atoms with Crippen LogP contribution in [0.25, 0.3) is 0 Å². The average molecular weight is 382 g/mol. The van der Waals surface area contributed by atoms with E-state index in [-0.39, 0.29) is 11.3 Å². The topological polar surface area (TPSA) is 96.2 Å². The van der Waals surface area contributed by atoms with E-state index in [1.807, 2.05) is 13.8 Å². The van der Waals surface area contributed by atoms with Crippen molar-refractivity contribution in [3.63, 3.8) is 0 Å². The van der Waals surface area contributed by atoms with E-state index in [1.165, 1.54) is 5.57 Å². The van der Waals surface area contributed by atoms with Crippen molar-refractivity contribution in [3.8, 4) is 0 Å². The van der Waals surface area contributed by atoms with Crippen LogP contribution in [0.1, 0.15) is 60.3 Å². The summed E-state index contributed by atoms with van der Waals surface area (Å²) in [7, 11) is 0. The van der Waals surface area contributed by atoms with Gasteiger partial charge in [0.15, 0.2) is 6.29 Å². The molecule has 8 atom stereocenters. The van der Waals surface area contributed by atoms with E-state index in [0.29, 0.717) is 5.92 Å². The van der Waals surface area contributed by atoms with Crippen LogP contribution in [0.3, 0.4) is 0 Å². The summed E-state index contributed by atoms with van der Waals surface area (Å²) in [6.45, 7) is 9.96. The first kappa shape index (κ1) is 20.9. The SMILES string of the molecule is CC1=C(C=O)C[C@H](C)[C@@]12CC[C@@H](C(C)(C)O[C@@H]1O[C@H](C)[C@H](O)[C@H](O)[C@H]1O)C2. The van der Waals surface area contributed by atoms with Gasteiger partial charge in [0.2, 0.25) is 0 Å². The number of aldehydes is 1. The number of carbonyl (C=O) groups is 1. The molecule has 154 valence electrons. The monoisotopic (exact) mass is 382 g/mol. The van der Waals surface area contributed by atoms with Gasteiger partial charge in [0.05, 0.1) is 11.7 Å². The van der Waals surface area contributed by atoms with Gasteiger partial charge >= 0.3 is 0 Å². The Bertz CT molecular complexity index is 614. The molecule has 0 aromatic carbocycles. The molecule has 0 amide bonds. The third kappa shape index (κ3) is 3.40. The number of carbonyl (C=O) groups excluding carboxylic acids is 1. The minimum Gasteiger partial charge on any atom is -0.388 e. The van der Waals surface area contributed by atoms with Gasteiger partial charge in [0, 0.05) is 0 Å². The minimum absolute atomic E-state index is 0.0522. The fraction of sp³-hybridized carbons (Fsp3) is 0.857. The van der Waals surface area contributed by atoms with Gasteiger partial charge in [0.1, 0.15) is 24.6 Å². The number of allylic oxidation sites excluding steroid dienone is 2. The summed E-state index contributed by atoms with van der Waals surface area (Å²) < 4.78 is 11.8. The quantitative estimate of drug-likeness (QED) is 0.643. The molecule has 6 nitrogen and oxygen atoms in total. The van der Waals surface area contributed by atoms with Gasteiger partial charge in [-0.3, -0.25) is 4.79 Å². The molecule has 2 fully saturated rings. The van der Waals surface area contributed by atoms with Gasteiger partial charge in [-0.2, -0.15) is 0 Å². The van der Waals surface area contributed by atoms with Crippen molar-refractivity contribution in [3.05, 3.63) is 11.1 Å². The Morgan fingerprint density at radius 2 is 1.85 bits per heavy atom. The zero-order valence-corrected chi connectivity index (χ0v) is 17.0. The Balaban J connectivity index is 1.73. The van der Waals surface area contributed by atoms with Crippen molar-refractivity contribution in [2.24, 2.45) is 17.3 Å². The molecule has 1 aliphatic heterocycles. The molecule has 3 rings (SSSR count). The van der Waals surface area contributed by atoms with E-state index in [9.17, 15) is 20.1 Å². The lowest BCUT2D eigenvalue weighted by molar-refractivity contribution is -0.322. The lowest BCUT2D eigenvalue weighted by Gasteiger charge is -2.44. The van der Waals surface area contributed by atoms with Crippen molar-refractivity contribution in [1.82, 2.24) is 0 Å². The zero-order valence-electron chi connectivity index (χ0n) is 17.0. The number of hydrogen-bond donors (Lipinski definition) is 3. The largest absolute Gasteiger partial charge is 0.388 e. The summed E-state index contributed by atoms with van der Waals surface area (Å²) in [5.74, 6) is 0.683. The van der Waals surface area contributed by atoms with E-state index in [4.69, 9.17) is 9.47 Å². The smallest absolute Gasteiger partial charge is 0.187 e. The highest BCUT2D eigenvalue weighted by Gasteiger charge is 2.53. The van der Waals surface area contributed by atoms with Gasteiger partial charge in [-0.25, -0.2) is 0 Å². The maximum atomic E-state index is 11.4. The zero-order chi connectivity index (χ0) is 20.1. The Morgan fingerprint density at radius 3 is 2.44 bits per heavy atom. The third-order valence-electron chi connectivity index (χ3n) is 7.60. The van der Waals surface area contributed by atoms with Gasteiger partial charge < -0.3 is 24.8 Å². The molecule has 0 aromatic heterocycles. The number of aliphatic hydroxyl groups excluding tert-OH is 3. The molecule has 2 aliphatic carbocycles. The molecule has 1 saturated carbocycles. The van der Waals surface area contributed by atoms with Crippen LogP contribution in [-0.2, 0) is 14.3 Å². The normalized spacial score (nSPS) is 45.7. The summed E-state index contributed by atoms with van der Waals surface area (Å²) in [4.78, 5) is 11.4. The van der Waals surface area contributed by atoms with Crippen LogP contribution in [0.2, 0.25) is 0 Å². The predicted molar refractivity (Wildman–Crippen MR) is 99.8 cm³/mol. The Morgan fingerprint density at radius 1 is 1.19 bits per heavy atom. The molecule has 1 spiro atoms. The third-order valence-corrected chi connectivity index (χ3v) is 7.60. The molecule has 0 unspecified atom stereocenters. The summed E-state index contributed by atoms with van der Waals surface area (Å²) in [5, 5.41) is 30.2. The second kappa shape index (κ2) is 7.23. The summed E-state index contributed by atoms with van der Waals surface area (Å²) in [5.41, 5.74) is 1.65. The van der Waals surface area contributed by atoms with Crippen LogP contribution in [0.15, 0.2) is 11.1 Å². The molecule has 27 heavy (non-hydrogen) atoms. The number of rotatable bonds is 4. The molecule has 0 aromatic rings. The van der Waals surface area contributed by atoms with E-state index >= 15 is 0 Å². The molecule has 1 heterocycles. The number of ether oxygens (including phenoxy) is 2. The predicted octanol–water partition coefficient (Wildman–Crippen LogP) is 1.95. The van der Waals surface area contributed by atoms with Gasteiger partial charge in [-0.15, -0.1) is 0 Å². The maximum Gasteiger partial charge on any atom is 0.187 e. The Labute approximate surface area is 161 Å². The Kier molecular flexibility index (Phi) is 5.60. The summed E-state index contributed by atoms with van der Waals surface area (Å²) in [6, 6.07) is 0. The van der Waals surface area contributed by atoms with Crippen molar-refractivity contribution >= 4 is 6.29 Å². The average Bonchev–Trinajstić information content (AvgIpc) is 3.17. The molecule has 3 N–H and O–H groups in total. The van der Waals surface area contributed by atoms with Gasteiger partial charge in [0.25, 0.3) is 0 Å². The van der Waals surface area contributed by atoms with Crippen molar-refractivity contribution in [2.75, 3.05) is 0 Å². The first-order chi connectivity index (χ1) is 12.5. The molecular weight excluding hydrogens is 348 g/mol. The lowest BCUT2D eigenvalue weighted by Crippen LogP contribution is -2.59. The maximum absolute atomic E-state index is 11.4. The summed E-state index contributed by atoms with van der Waals surface area (Å²) >= 11 is 0. The van der Waals surface area contributed by atoms with E-state index < -0.39 is 36.3 Å². The fourth-order valence-corrected chi connectivity index (χ4v) is 5.47. The van der Waals surface area contributed by atoms with Gasteiger partial charge in [-0.05, 0) is 76.2 Å². The van der Waals surface area contributed by atoms with Crippen molar-refractivity contribution < 1.29 is 29.6 Å². The van der Waals surface area contributed by atoms with Gasteiger partial charge in [-0.1, -0.05) is 12.5 Å². The first-order valence-electron chi connectivity index (χ1n) is 10.1. The van der Waals surface area contributed by atoms with E-state index in [2.05, 4.69) is 13.8 Å². The number of aliphatic hydroxyl groups is 3.